The molecule has 1 aliphatic rings. The van der Waals surface area contributed by atoms with Crippen LogP contribution in [-0.2, 0) is 20.0 Å². The van der Waals surface area contributed by atoms with Crippen LogP contribution in [0.25, 0.3) is 32.9 Å². The number of fused-ring (bicyclic) bond motifs is 4. The molecule has 1 atom stereocenters. The van der Waals surface area contributed by atoms with E-state index in [-0.39, 0.29) is 17.6 Å². The molecule has 0 spiro atoms. The van der Waals surface area contributed by atoms with E-state index in [1.165, 1.54) is 0 Å². The molecule has 0 aliphatic carbocycles. The fraction of sp³-hybridized carbons (Fsp3) is 0.333. The molecule has 51 heavy (non-hydrogen) atoms. The van der Waals surface area contributed by atoms with E-state index in [9.17, 15) is 9.90 Å². The maximum Gasteiger partial charge on any atom is 0.357 e. The first-order valence-corrected chi connectivity index (χ1v) is 17.9. The lowest BCUT2D eigenvalue weighted by Gasteiger charge is -2.34. The number of halogens is 2. The lowest BCUT2D eigenvalue weighted by molar-refractivity contribution is 0.0691. The van der Waals surface area contributed by atoms with E-state index in [4.69, 9.17) is 33.0 Å². The minimum absolute atomic E-state index is 0.0735. The van der Waals surface area contributed by atoms with Crippen molar-refractivity contribution >= 4 is 62.6 Å². The third-order valence-corrected chi connectivity index (χ3v) is 11.0. The molecule has 0 unspecified atom stereocenters. The van der Waals surface area contributed by atoms with Crippen LogP contribution in [0.15, 0.2) is 42.5 Å². The van der Waals surface area contributed by atoms with E-state index in [2.05, 4.69) is 16.6 Å². The van der Waals surface area contributed by atoms with E-state index in [0.717, 1.165) is 60.9 Å². The van der Waals surface area contributed by atoms with Crippen molar-refractivity contribution in [2.75, 3.05) is 18.1 Å². The highest BCUT2D eigenvalue weighted by atomic mass is 35.5. The van der Waals surface area contributed by atoms with Crippen LogP contribution in [-0.4, -0.2) is 54.3 Å². The molecule has 0 fully saturated rings. The standard InChI is InChI=1S/C39H40Cl2N6O4/c1-8-46-30-13-9-12-29(33(30)35(43-46)39(49)50)45-19-22(4)47-36-27(14-15-28(40)32(36)31-23(5)42-44(7)24(31)6)26(37(47)38(45)48)11-10-16-51-25-17-20(2)34(41)21(3)18-25/h9,12-15,17-18,22H,8,10-11,16,19H2,1-7H3,(H,49,50)/t22-/m1/s1. The average molecular weight is 728 g/mol. The molecule has 1 amide bonds. The van der Waals surface area contributed by atoms with Crippen LogP contribution in [0, 0.1) is 27.7 Å². The number of carbonyl (C=O) groups is 2. The van der Waals surface area contributed by atoms with Gasteiger partial charge in [0.2, 0.25) is 0 Å². The number of rotatable bonds is 9. The van der Waals surface area contributed by atoms with Crippen molar-refractivity contribution in [3.8, 4) is 16.9 Å². The molecule has 0 bridgehead atoms. The van der Waals surface area contributed by atoms with Crippen molar-refractivity contribution in [3.63, 3.8) is 0 Å². The molecule has 6 aromatic rings. The molecule has 1 N–H and O–H groups in total. The highest BCUT2D eigenvalue weighted by Gasteiger charge is 2.38. The largest absolute Gasteiger partial charge is 0.494 e. The SMILES string of the molecule is CCn1nc(C(=O)O)c2c(N3C[C@@H](C)n4c(c(CCCOc5cc(C)c(Cl)c(C)c5)c5ccc(Cl)c(-c6c(C)nn(C)c6C)c54)C3=O)cccc21. The smallest absolute Gasteiger partial charge is 0.357 e. The molecule has 7 rings (SSSR count). The second kappa shape index (κ2) is 13.1. The summed E-state index contributed by atoms with van der Waals surface area (Å²) in [6.45, 7) is 13.2. The van der Waals surface area contributed by atoms with Crippen molar-refractivity contribution in [3.05, 3.63) is 92.0 Å². The summed E-state index contributed by atoms with van der Waals surface area (Å²) < 4.78 is 11.9. The highest BCUT2D eigenvalue weighted by Crippen LogP contribution is 2.45. The molecule has 12 heteroatoms. The van der Waals surface area contributed by atoms with Crippen LogP contribution in [0.2, 0.25) is 10.0 Å². The Bertz CT molecular complexity index is 2380. The Morgan fingerprint density at radius 1 is 1.04 bits per heavy atom. The Kier molecular flexibility index (Phi) is 8.88. The van der Waals surface area contributed by atoms with Gasteiger partial charge in [0.05, 0.1) is 39.4 Å². The van der Waals surface area contributed by atoms with Gasteiger partial charge in [0.15, 0.2) is 5.69 Å². The van der Waals surface area contributed by atoms with Gasteiger partial charge in [-0.15, -0.1) is 0 Å². The first-order valence-electron chi connectivity index (χ1n) is 17.1. The summed E-state index contributed by atoms with van der Waals surface area (Å²) in [5.74, 6) is -0.598. The van der Waals surface area contributed by atoms with Crippen LogP contribution in [0.4, 0.5) is 5.69 Å². The number of amides is 1. The zero-order chi connectivity index (χ0) is 36.5. The summed E-state index contributed by atoms with van der Waals surface area (Å²) >= 11 is 13.5. The van der Waals surface area contributed by atoms with Gasteiger partial charge in [0, 0.05) is 53.4 Å². The Hall–Kier alpha value is -4.80. The van der Waals surface area contributed by atoms with Gasteiger partial charge in [-0.2, -0.15) is 10.2 Å². The van der Waals surface area contributed by atoms with Gasteiger partial charge >= 0.3 is 5.97 Å². The van der Waals surface area contributed by atoms with Crippen molar-refractivity contribution in [2.45, 2.75) is 67.0 Å². The predicted octanol–water partition coefficient (Wildman–Crippen LogP) is 8.88. The molecule has 264 valence electrons. The van der Waals surface area contributed by atoms with Gasteiger partial charge < -0.3 is 19.3 Å². The molecular formula is C39H40Cl2N6O4. The Labute approximate surface area is 306 Å². The molecule has 1 aliphatic heterocycles. The van der Waals surface area contributed by atoms with Gasteiger partial charge in [0.25, 0.3) is 5.91 Å². The number of benzene rings is 3. The summed E-state index contributed by atoms with van der Waals surface area (Å²) in [6, 6.07) is 13.1. The number of carboxylic acid groups (broad SMARTS) is 1. The summed E-state index contributed by atoms with van der Waals surface area (Å²) in [5, 5.41) is 22.0. The number of carboxylic acids is 1. The first-order chi connectivity index (χ1) is 24.3. The van der Waals surface area contributed by atoms with Crippen LogP contribution < -0.4 is 9.64 Å². The number of aromatic nitrogens is 5. The third-order valence-electron chi connectivity index (χ3n) is 10.1. The van der Waals surface area contributed by atoms with Crippen LogP contribution in [0.5, 0.6) is 5.75 Å². The van der Waals surface area contributed by atoms with Crippen molar-refractivity contribution < 1.29 is 19.4 Å². The number of nitrogens with zero attached hydrogens (tertiary/aromatic N) is 6. The zero-order valence-corrected chi connectivity index (χ0v) is 31.3. The second-order valence-electron chi connectivity index (χ2n) is 13.4. The number of anilines is 1. The summed E-state index contributed by atoms with van der Waals surface area (Å²) in [5.41, 5.74) is 8.98. The van der Waals surface area contributed by atoms with Crippen LogP contribution in [0.1, 0.15) is 75.4 Å². The van der Waals surface area contributed by atoms with E-state index < -0.39 is 5.97 Å². The molecule has 0 saturated heterocycles. The van der Waals surface area contributed by atoms with Crippen molar-refractivity contribution in [1.29, 1.82) is 0 Å². The number of ether oxygens (including phenoxy) is 1. The fourth-order valence-electron chi connectivity index (χ4n) is 7.76. The first kappa shape index (κ1) is 34.6. The Balaban J connectivity index is 1.39. The maximum absolute atomic E-state index is 15.0. The molecule has 10 nitrogen and oxygen atoms in total. The predicted molar refractivity (Wildman–Crippen MR) is 202 cm³/mol. The van der Waals surface area contributed by atoms with E-state index in [0.29, 0.717) is 59.8 Å². The molecule has 4 heterocycles. The average Bonchev–Trinajstić information content (AvgIpc) is 3.72. The van der Waals surface area contributed by atoms with Crippen LogP contribution in [0.3, 0.4) is 0 Å². The highest BCUT2D eigenvalue weighted by molar-refractivity contribution is 6.35. The summed E-state index contributed by atoms with van der Waals surface area (Å²) in [7, 11) is 1.92. The van der Waals surface area contributed by atoms with Gasteiger partial charge in [-0.3, -0.25) is 14.2 Å². The van der Waals surface area contributed by atoms with E-state index >= 15 is 4.79 Å². The lowest BCUT2D eigenvalue weighted by atomic mass is 9.98. The molecule has 3 aromatic carbocycles. The third kappa shape index (κ3) is 5.56. The minimum Gasteiger partial charge on any atom is -0.494 e. The lowest BCUT2D eigenvalue weighted by Crippen LogP contribution is -2.42. The second-order valence-corrected chi connectivity index (χ2v) is 14.2. The Morgan fingerprint density at radius 2 is 1.76 bits per heavy atom. The maximum atomic E-state index is 15.0. The minimum atomic E-state index is -1.14. The quantitative estimate of drug-likeness (QED) is 0.149. The molecule has 3 aromatic heterocycles. The molecule has 0 radical (unpaired) electrons. The normalized spacial score (nSPS) is 14.6. The van der Waals surface area contributed by atoms with E-state index in [1.54, 1.807) is 9.58 Å². The number of hydrogen-bond donors (Lipinski definition) is 1. The van der Waals surface area contributed by atoms with Gasteiger partial charge in [-0.25, -0.2) is 4.79 Å². The molecule has 0 saturated carbocycles. The number of aryl methyl sites for hydroxylation is 6. The topological polar surface area (TPSA) is 107 Å². The number of aromatic carboxylic acids is 1. The number of carbonyl (C=O) groups excluding carboxylic acids is 1. The zero-order valence-electron chi connectivity index (χ0n) is 29.8. The van der Waals surface area contributed by atoms with Gasteiger partial charge in [-0.05, 0) is 101 Å². The van der Waals surface area contributed by atoms with Gasteiger partial charge in [0.1, 0.15) is 11.4 Å². The van der Waals surface area contributed by atoms with E-state index in [1.807, 2.05) is 88.8 Å². The van der Waals surface area contributed by atoms with Crippen molar-refractivity contribution in [2.24, 2.45) is 7.05 Å². The Morgan fingerprint density at radius 3 is 2.41 bits per heavy atom. The number of hydrogen-bond acceptors (Lipinski definition) is 5. The summed E-state index contributed by atoms with van der Waals surface area (Å²) in [6.07, 6.45) is 1.19. The monoisotopic (exact) mass is 726 g/mol. The van der Waals surface area contributed by atoms with Gasteiger partial charge in [-0.1, -0.05) is 35.3 Å². The van der Waals surface area contributed by atoms with Crippen molar-refractivity contribution in [1.82, 2.24) is 24.1 Å². The summed E-state index contributed by atoms with van der Waals surface area (Å²) in [4.78, 5) is 29.2. The molecular weight excluding hydrogens is 687 g/mol. The van der Waals surface area contributed by atoms with Crippen LogP contribution >= 0.6 is 23.2 Å². The fourth-order valence-corrected chi connectivity index (χ4v) is 8.12.